The van der Waals surface area contributed by atoms with E-state index in [1.54, 1.807) is 0 Å². The fourth-order valence-corrected chi connectivity index (χ4v) is 3.12. The number of unbranched alkanes of at least 4 members (excludes halogenated alkanes) is 9. The molecule has 4 nitrogen and oxygen atoms in total. The van der Waals surface area contributed by atoms with Crippen LogP contribution in [0.1, 0.15) is 110 Å². The van der Waals surface area contributed by atoms with E-state index in [1.807, 2.05) is 0 Å². The summed E-state index contributed by atoms with van der Waals surface area (Å²) >= 11 is 0. The molecule has 0 aromatic carbocycles. The summed E-state index contributed by atoms with van der Waals surface area (Å²) in [6, 6.07) is 0. The molecule has 2 atom stereocenters. The minimum absolute atomic E-state index is 0.119. The average Bonchev–Trinajstić information content (AvgIpc) is 2.61. The number of carbonyl (C=O) groups excluding carboxylic acids is 1. The highest BCUT2D eigenvalue weighted by atomic mass is 16.5. The number of hydrogen-bond donors (Lipinski definition) is 2. The molecule has 25 heavy (non-hydrogen) atoms. The lowest BCUT2D eigenvalue weighted by Crippen LogP contribution is -2.13. The van der Waals surface area contributed by atoms with Gasteiger partial charge in [0.25, 0.3) is 0 Å². The molecule has 0 aliphatic carbocycles. The van der Waals surface area contributed by atoms with Crippen molar-refractivity contribution in [2.75, 3.05) is 7.11 Å². The van der Waals surface area contributed by atoms with E-state index in [4.69, 9.17) is 0 Å². The van der Waals surface area contributed by atoms with Crippen molar-refractivity contribution in [3.8, 4) is 0 Å². The van der Waals surface area contributed by atoms with E-state index in [0.717, 1.165) is 70.6 Å². The summed E-state index contributed by atoms with van der Waals surface area (Å²) in [5.41, 5.74) is 0. The van der Waals surface area contributed by atoms with Gasteiger partial charge in [-0.1, -0.05) is 71.1 Å². The Morgan fingerprint density at radius 3 is 1.64 bits per heavy atom. The monoisotopic (exact) mass is 358 g/mol. The summed E-state index contributed by atoms with van der Waals surface area (Å²) in [6.45, 7) is 2.21. The highest BCUT2D eigenvalue weighted by Gasteiger charge is 2.09. The van der Waals surface area contributed by atoms with Gasteiger partial charge in [-0.25, -0.2) is 0 Å². The lowest BCUT2D eigenvalue weighted by molar-refractivity contribution is -0.140. The van der Waals surface area contributed by atoms with Crippen LogP contribution in [0.15, 0.2) is 0 Å². The van der Waals surface area contributed by atoms with Gasteiger partial charge in [-0.3, -0.25) is 4.79 Å². The molecule has 0 aromatic rings. The number of aliphatic hydroxyl groups excluding tert-OH is 2. The van der Waals surface area contributed by atoms with E-state index in [1.165, 1.54) is 32.8 Å². The van der Waals surface area contributed by atoms with Crippen molar-refractivity contribution in [2.45, 2.75) is 122 Å². The maximum atomic E-state index is 11.0. The minimum Gasteiger partial charge on any atom is -0.469 e. The summed E-state index contributed by atoms with van der Waals surface area (Å²) in [5.74, 6) is -0.119. The van der Waals surface area contributed by atoms with Gasteiger partial charge in [-0.2, -0.15) is 0 Å². The maximum absolute atomic E-state index is 11.0. The van der Waals surface area contributed by atoms with Gasteiger partial charge in [0.15, 0.2) is 0 Å². The van der Waals surface area contributed by atoms with Crippen LogP contribution in [-0.2, 0) is 9.53 Å². The normalized spacial score (nSPS) is 13.6. The van der Waals surface area contributed by atoms with Crippen molar-refractivity contribution in [1.82, 2.24) is 0 Å². The first-order chi connectivity index (χ1) is 12.1. The van der Waals surface area contributed by atoms with Crippen molar-refractivity contribution in [3.05, 3.63) is 0 Å². The van der Waals surface area contributed by atoms with Gasteiger partial charge in [0, 0.05) is 6.42 Å². The van der Waals surface area contributed by atoms with Crippen LogP contribution in [0, 0.1) is 0 Å². The Labute approximate surface area is 155 Å². The van der Waals surface area contributed by atoms with Crippen LogP contribution in [0.3, 0.4) is 0 Å². The number of carbonyl (C=O) groups is 1. The van der Waals surface area contributed by atoms with Crippen LogP contribution in [0.2, 0.25) is 0 Å². The van der Waals surface area contributed by atoms with Crippen LogP contribution >= 0.6 is 0 Å². The van der Waals surface area contributed by atoms with Crippen molar-refractivity contribution < 1.29 is 19.7 Å². The van der Waals surface area contributed by atoms with Crippen molar-refractivity contribution in [2.24, 2.45) is 0 Å². The predicted molar refractivity (Wildman–Crippen MR) is 104 cm³/mol. The van der Waals surface area contributed by atoms with E-state index in [2.05, 4.69) is 11.7 Å². The van der Waals surface area contributed by atoms with Crippen LogP contribution < -0.4 is 0 Å². The predicted octanol–water partition coefficient (Wildman–Crippen LogP) is 5.14. The SMILES string of the molecule is CCCCCCC[C@H](O)CC[C@H](O)CCCCCCCCC(=O)OC. The zero-order chi connectivity index (χ0) is 18.8. The van der Waals surface area contributed by atoms with Gasteiger partial charge in [-0.05, 0) is 32.1 Å². The summed E-state index contributed by atoms with van der Waals surface area (Å²) < 4.78 is 4.61. The first-order valence-electron chi connectivity index (χ1n) is 10.5. The molecule has 0 saturated carbocycles. The molecule has 0 aliphatic heterocycles. The van der Waals surface area contributed by atoms with Crippen molar-refractivity contribution >= 4 is 5.97 Å². The molecule has 0 saturated heterocycles. The third-order valence-corrected chi connectivity index (χ3v) is 4.87. The third-order valence-electron chi connectivity index (χ3n) is 4.87. The van der Waals surface area contributed by atoms with Gasteiger partial charge < -0.3 is 14.9 Å². The maximum Gasteiger partial charge on any atom is 0.305 e. The van der Waals surface area contributed by atoms with E-state index >= 15 is 0 Å². The van der Waals surface area contributed by atoms with Gasteiger partial charge in [0.2, 0.25) is 0 Å². The molecule has 150 valence electrons. The zero-order valence-electron chi connectivity index (χ0n) is 16.7. The van der Waals surface area contributed by atoms with Gasteiger partial charge in [0.05, 0.1) is 19.3 Å². The average molecular weight is 359 g/mol. The number of hydrogen-bond acceptors (Lipinski definition) is 4. The molecule has 0 unspecified atom stereocenters. The Bertz CT molecular complexity index is 294. The molecule has 0 amide bonds. The highest BCUT2D eigenvalue weighted by Crippen LogP contribution is 2.15. The van der Waals surface area contributed by atoms with Gasteiger partial charge in [-0.15, -0.1) is 0 Å². The van der Waals surface area contributed by atoms with Crippen LogP contribution in [0.4, 0.5) is 0 Å². The van der Waals surface area contributed by atoms with Gasteiger partial charge in [0.1, 0.15) is 0 Å². The summed E-state index contributed by atoms with van der Waals surface area (Å²) in [6.07, 6.45) is 15.8. The van der Waals surface area contributed by atoms with Crippen LogP contribution in [0.5, 0.6) is 0 Å². The second-order valence-electron chi connectivity index (χ2n) is 7.32. The highest BCUT2D eigenvalue weighted by molar-refractivity contribution is 5.68. The third kappa shape index (κ3) is 18.0. The quantitative estimate of drug-likeness (QED) is 0.263. The van der Waals surface area contributed by atoms with E-state index in [-0.39, 0.29) is 18.2 Å². The molecular formula is C21H42O4. The fraction of sp³-hybridized carbons (Fsp3) is 0.952. The summed E-state index contributed by atoms with van der Waals surface area (Å²) in [7, 11) is 1.43. The number of esters is 1. The minimum atomic E-state index is -0.269. The second kappa shape index (κ2) is 18.2. The largest absolute Gasteiger partial charge is 0.469 e. The number of aliphatic hydroxyl groups is 2. The number of methoxy groups -OCH3 is 1. The Hall–Kier alpha value is -0.610. The Balaban J connectivity index is 3.34. The first-order valence-corrected chi connectivity index (χ1v) is 10.5. The Morgan fingerprint density at radius 2 is 1.16 bits per heavy atom. The van der Waals surface area contributed by atoms with E-state index in [9.17, 15) is 15.0 Å². The Kier molecular flexibility index (Phi) is 17.7. The summed E-state index contributed by atoms with van der Waals surface area (Å²) in [5, 5.41) is 20.0. The standard InChI is InChI=1S/C21H42O4/c1-3-4-5-8-11-14-19(22)17-18-20(23)15-12-9-6-7-10-13-16-21(24)25-2/h19-20,22-23H,3-18H2,1-2H3/t19-,20+/m0/s1. The Morgan fingerprint density at radius 1 is 0.720 bits per heavy atom. The molecule has 0 fully saturated rings. The molecule has 0 radical (unpaired) electrons. The van der Waals surface area contributed by atoms with E-state index < -0.39 is 0 Å². The molecule has 0 bridgehead atoms. The smallest absolute Gasteiger partial charge is 0.305 e. The first kappa shape index (κ1) is 24.4. The van der Waals surface area contributed by atoms with E-state index in [0.29, 0.717) is 6.42 Å². The summed E-state index contributed by atoms with van der Waals surface area (Å²) in [4.78, 5) is 11.0. The molecule has 0 heterocycles. The molecule has 4 heteroatoms. The molecular weight excluding hydrogens is 316 g/mol. The zero-order valence-corrected chi connectivity index (χ0v) is 16.7. The number of ether oxygens (including phenoxy) is 1. The molecule has 0 rings (SSSR count). The molecule has 0 spiro atoms. The lowest BCUT2D eigenvalue weighted by atomic mass is 10.00. The topological polar surface area (TPSA) is 66.8 Å². The molecule has 0 aliphatic rings. The van der Waals surface area contributed by atoms with Crippen molar-refractivity contribution in [3.63, 3.8) is 0 Å². The second-order valence-corrected chi connectivity index (χ2v) is 7.32. The molecule has 2 N–H and O–H groups in total. The number of rotatable bonds is 18. The fourth-order valence-electron chi connectivity index (χ4n) is 3.12. The molecule has 0 aromatic heterocycles. The van der Waals surface area contributed by atoms with Crippen molar-refractivity contribution in [1.29, 1.82) is 0 Å². The van der Waals surface area contributed by atoms with Crippen LogP contribution in [-0.4, -0.2) is 35.5 Å². The van der Waals surface area contributed by atoms with Gasteiger partial charge >= 0.3 is 5.97 Å². The lowest BCUT2D eigenvalue weighted by Gasteiger charge is -2.14. The van der Waals surface area contributed by atoms with Crippen LogP contribution in [0.25, 0.3) is 0 Å².